The van der Waals surface area contributed by atoms with Crippen molar-refractivity contribution in [2.45, 2.75) is 11.8 Å². The number of sulfonamides is 1. The number of halogens is 2. The standard InChI is InChI=1S/C33H29F2N5O5S/c1-19-13-21(33(41)40-9-11-45-12-10-40)3-6-25(19)26-15-22-14-20(4-7-28(22)38-31(26)36)23-16-29(32(44-2)37-18-23)39-46(42,43)30-8-5-24(34)17-27(30)35/h3-8,13-18,39H,9-12H2,1-2H3,(H2,36,38). The number of nitrogens with one attached hydrogen (secondary N) is 1. The molecule has 13 heteroatoms. The van der Waals surface area contributed by atoms with Crippen LogP contribution in [0.1, 0.15) is 15.9 Å². The maximum Gasteiger partial charge on any atom is 0.264 e. The minimum Gasteiger partial charge on any atom is -0.480 e. The molecule has 3 aromatic carbocycles. The zero-order valence-corrected chi connectivity index (χ0v) is 25.7. The van der Waals surface area contributed by atoms with Crippen molar-refractivity contribution >= 4 is 38.3 Å². The van der Waals surface area contributed by atoms with E-state index in [1.165, 1.54) is 19.4 Å². The van der Waals surface area contributed by atoms with Crippen LogP contribution in [0.5, 0.6) is 5.88 Å². The Bertz CT molecular complexity index is 2100. The van der Waals surface area contributed by atoms with Gasteiger partial charge in [0.2, 0.25) is 5.88 Å². The van der Waals surface area contributed by atoms with Gasteiger partial charge < -0.3 is 20.1 Å². The van der Waals surface area contributed by atoms with Crippen LogP contribution >= 0.6 is 0 Å². The zero-order valence-electron chi connectivity index (χ0n) is 24.9. The van der Waals surface area contributed by atoms with Crippen LogP contribution in [0.15, 0.2) is 77.8 Å². The molecule has 6 rings (SSSR count). The minimum atomic E-state index is -4.45. The number of carbonyl (C=O) groups excluding carboxylic acids is 1. The van der Waals surface area contributed by atoms with Crippen LogP contribution in [0.4, 0.5) is 20.3 Å². The number of hydrogen-bond acceptors (Lipinski definition) is 8. The largest absolute Gasteiger partial charge is 0.480 e. The molecule has 1 fully saturated rings. The number of morpholine rings is 1. The Labute approximate surface area is 263 Å². The van der Waals surface area contributed by atoms with Gasteiger partial charge in [-0.25, -0.2) is 27.2 Å². The number of fused-ring (bicyclic) bond motifs is 1. The first kappa shape index (κ1) is 30.9. The Balaban J connectivity index is 1.33. The number of ether oxygens (including phenoxy) is 2. The van der Waals surface area contributed by atoms with Crippen LogP contribution in [0.3, 0.4) is 0 Å². The van der Waals surface area contributed by atoms with E-state index in [1.54, 1.807) is 23.1 Å². The first-order chi connectivity index (χ1) is 22.0. The number of methoxy groups -OCH3 is 1. The third kappa shape index (κ3) is 6.06. The van der Waals surface area contributed by atoms with E-state index in [-0.39, 0.29) is 17.5 Å². The predicted octanol–water partition coefficient (Wildman–Crippen LogP) is 5.41. The molecule has 0 spiro atoms. The van der Waals surface area contributed by atoms with E-state index >= 15 is 0 Å². The number of benzene rings is 3. The summed E-state index contributed by atoms with van der Waals surface area (Å²) in [4.78, 5) is 22.9. The van der Waals surface area contributed by atoms with Crippen molar-refractivity contribution in [2.24, 2.45) is 0 Å². The smallest absolute Gasteiger partial charge is 0.264 e. The molecule has 0 saturated carbocycles. The van der Waals surface area contributed by atoms with Crippen LogP contribution in [-0.4, -0.2) is 62.6 Å². The molecule has 236 valence electrons. The molecule has 1 amide bonds. The number of nitrogen functional groups attached to an aromatic ring is 1. The summed E-state index contributed by atoms with van der Waals surface area (Å²) in [5, 5.41) is 0.751. The van der Waals surface area contributed by atoms with Crippen LogP contribution < -0.4 is 15.2 Å². The predicted molar refractivity (Wildman–Crippen MR) is 170 cm³/mol. The molecule has 5 aromatic rings. The molecule has 0 atom stereocenters. The number of anilines is 2. The Morgan fingerprint density at radius 3 is 2.48 bits per heavy atom. The Hall–Kier alpha value is -5.14. The van der Waals surface area contributed by atoms with Gasteiger partial charge in [-0.1, -0.05) is 12.1 Å². The van der Waals surface area contributed by atoms with Gasteiger partial charge in [-0.2, -0.15) is 0 Å². The molecule has 2 aromatic heterocycles. The summed E-state index contributed by atoms with van der Waals surface area (Å²) in [5.74, 6) is -1.91. The summed E-state index contributed by atoms with van der Waals surface area (Å²) < 4.78 is 66.6. The average molecular weight is 646 g/mol. The topological polar surface area (TPSA) is 137 Å². The lowest BCUT2D eigenvalue weighted by Gasteiger charge is -2.27. The number of aryl methyl sites for hydroxylation is 1. The summed E-state index contributed by atoms with van der Waals surface area (Å²) in [6.45, 7) is 4.04. The number of pyridine rings is 2. The van der Waals surface area contributed by atoms with Crippen LogP contribution in [0.2, 0.25) is 0 Å². The molecular weight excluding hydrogens is 616 g/mol. The number of rotatable bonds is 7. The van der Waals surface area contributed by atoms with Gasteiger partial charge >= 0.3 is 0 Å². The highest BCUT2D eigenvalue weighted by Crippen LogP contribution is 2.35. The van der Waals surface area contributed by atoms with Gasteiger partial charge in [0.05, 0.1) is 25.8 Å². The van der Waals surface area contributed by atoms with Crippen molar-refractivity contribution in [3.63, 3.8) is 0 Å². The minimum absolute atomic E-state index is 0.0396. The average Bonchev–Trinajstić information content (AvgIpc) is 3.04. The molecule has 3 N–H and O–H groups in total. The van der Waals surface area contributed by atoms with Gasteiger partial charge in [-0.15, -0.1) is 0 Å². The van der Waals surface area contributed by atoms with Crippen LogP contribution in [-0.2, 0) is 14.8 Å². The molecule has 1 aliphatic rings. The monoisotopic (exact) mass is 645 g/mol. The first-order valence-corrected chi connectivity index (χ1v) is 15.7. The quantitative estimate of drug-likeness (QED) is 0.240. The summed E-state index contributed by atoms with van der Waals surface area (Å²) >= 11 is 0. The zero-order chi connectivity index (χ0) is 32.6. The van der Waals surface area contributed by atoms with E-state index in [1.807, 2.05) is 31.2 Å². The number of aromatic nitrogens is 2. The summed E-state index contributed by atoms with van der Waals surface area (Å²) in [6, 6.07) is 16.5. The number of carbonyl (C=O) groups is 1. The van der Waals surface area contributed by atoms with Crippen molar-refractivity contribution in [2.75, 3.05) is 43.9 Å². The molecule has 46 heavy (non-hydrogen) atoms. The highest BCUT2D eigenvalue weighted by atomic mass is 32.2. The maximum atomic E-state index is 14.3. The van der Waals surface area contributed by atoms with Crippen molar-refractivity contribution in [3.05, 3.63) is 95.7 Å². The highest BCUT2D eigenvalue weighted by Gasteiger charge is 2.23. The Morgan fingerprint density at radius 1 is 0.978 bits per heavy atom. The fourth-order valence-corrected chi connectivity index (χ4v) is 6.48. The molecule has 1 saturated heterocycles. The van der Waals surface area contributed by atoms with Crippen LogP contribution in [0, 0.1) is 18.6 Å². The lowest BCUT2D eigenvalue weighted by atomic mass is 9.96. The summed E-state index contributed by atoms with van der Waals surface area (Å²) in [7, 11) is -3.13. The van der Waals surface area contributed by atoms with E-state index in [9.17, 15) is 22.0 Å². The van der Waals surface area contributed by atoms with Gasteiger partial charge in [0.15, 0.2) is 0 Å². The number of nitrogens with zero attached hydrogens (tertiary/aromatic N) is 3. The van der Waals surface area contributed by atoms with Gasteiger partial charge in [-0.05, 0) is 72.1 Å². The van der Waals surface area contributed by atoms with E-state index in [0.29, 0.717) is 66.0 Å². The van der Waals surface area contributed by atoms with E-state index in [2.05, 4.69) is 14.7 Å². The van der Waals surface area contributed by atoms with E-state index < -0.39 is 26.6 Å². The second-order valence-corrected chi connectivity index (χ2v) is 12.4. The van der Waals surface area contributed by atoms with Crippen molar-refractivity contribution in [3.8, 4) is 28.1 Å². The Kier molecular flexibility index (Phi) is 8.28. The first-order valence-electron chi connectivity index (χ1n) is 14.2. The molecule has 0 bridgehead atoms. The summed E-state index contributed by atoms with van der Waals surface area (Å²) in [6.07, 6.45) is 1.51. The summed E-state index contributed by atoms with van der Waals surface area (Å²) in [5.41, 5.74) is 11.1. The van der Waals surface area contributed by atoms with Gasteiger partial charge in [0.1, 0.15) is 28.0 Å². The second kappa shape index (κ2) is 12.3. The molecule has 0 radical (unpaired) electrons. The Morgan fingerprint density at radius 2 is 1.76 bits per heavy atom. The maximum absolute atomic E-state index is 14.3. The van der Waals surface area contributed by atoms with E-state index in [0.717, 1.165) is 28.6 Å². The SMILES string of the molecule is COc1ncc(-c2ccc3nc(N)c(-c4ccc(C(=O)N5CCOCC5)cc4C)cc3c2)cc1NS(=O)(=O)c1ccc(F)cc1F. The number of hydrogen-bond donors (Lipinski definition) is 2. The molecular formula is C33H29F2N5O5S. The fraction of sp³-hybridized carbons (Fsp3) is 0.182. The molecule has 0 unspecified atom stereocenters. The van der Waals surface area contributed by atoms with Crippen LogP contribution in [0.25, 0.3) is 33.2 Å². The lowest BCUT2D eigenvalue weighted by Crippen LogP contribution is -2.40. The molecule has 10 nitrogen and oxygen atoms in total. The number of nitrogens with two attached hydrogens (primary N) is 1. The lowest BCUT2D eigenvalue weighted by molar-refractivity contribution is 0.0303. The molecule has 0 aliphatic carbocycles. The molecule has 1 aliphatic heterocycles. The van der Waals surface area contributed by atoms with Gasteiger partial charge in [0, 0.05) is 47.4 Å². The van der Waals surface area contributed by atoms with Gasteiger partial charge in [0.25, 0.3) is 15.9 Å². The van der Waals surface area contributed by atoms with Crippen molar-refractivity contribution in [1.82, 2.24) is 14.9 Å². The third-order valence-corrected chi connectivity index (χ3v) is 9.11. The van der Waals surface area contributed by atoms with Crippen molar-refractivity contribution < 1.29 is 31.5 Å². The third-order valence-electron chi connectivity index (χ3n) is 7.71. The normalized spacial score (nSPS) is 13.5. The highest BCUT2D eigenvalue weighted by molar-refractivity contribution is 7.92. The second-order valence-electron chi connectivity index (χ2n) is 10.7. The van der Waals surface area contributed by atoms with Gasteiger partial charge in [-0.3, -0.25) is 9.52 Å². The van der Waals surface area contributed by atoms with E-state index in [4.69, 9.17) is 15.2 Å². The fourth-order valence-electron chi connectivity index (χ4n) is 5.37. The number of amides is 1. The van der Waals surface area contributed by atoms with Crippen molar-refractivity contribution in [1.29, 1.82) is 0 Å². The molecule has 3 heterocycles.